The van der Waals surface area contributed by atoms with Crippen molar-refractivity contribution in [1.82, 2.24) is 0 Å². The van der Waals surface area contributed by atoms with Crippen molar-refractivity contribution in [2.24, 2.45) is 0 Å². The Bertz CT molecular complexity index is 1840. The Kier molecular flexibility index (Phi) is 23.5. The van der Waals surface area contributed by atoms with Gasteiger partial charge in [-0.3, -0.25) is 0 Å². The highest BCUT2D eigenvalue weighted by molar-refractivity contribution is 5.76. The van der Waals surface area contributed by atoms with Crippen LogP contribution in [0.2, 0.25) is 0 Å². The second-order valence-corrected chi connectivity index (χ2v) is 19.6. The number of ether oxygens (including phenoxy) is 24. The SMILES string of the molecule is CO[C@@H]1[C@@H](OC)[C@H]2O[C@H]3[C@H](OC)[C@@H](OC)[C@@H](O[C@H]4[C@H](OC)[C@@H](OC)[C@@H](O[C@H]5[C@H](OC)[C@@H](OC)[C@@H](O[C@H]6[C@H](OC)[C@@H](OC)[C@@H](O[C@H]7[C@H](OC)[C@@H](OC)[C@@H](O[C@@H]1[C@@H](C(=O)O)O2)O[C@@H]7C(=O)O)O[C@@H]6C(=O)O)O[C@@H]5C(=O)O)O[C@@H]4C(=O)O)O[C@@H]3C(=O)O. The van der Waals surface area contributed by atoms with E-state index in [0.717, 1.165) is 85.3 Å². The molecule has 12 bridgehead atoms. The van der Waals surface area contributed by atoms with Gasteiger partial charge in [-0.2, -0.15) is 0 Å². The standard InChI is InChI=1S/C48H72O36/c1-61-13-19-25(37(49)50)79-43(31(13)67-7)74-20-14(62-2)33(69-9)45(81-26(20)38(51)52)76-22-16(64-4)35(71-11)47(83-28(22)40(55)56)78-24-18(66-6)36(72-12)48(84-30(24)42(59)60)77-23-17(65-5)34(70-10)46(82-29(23)41(57)58)75-21-15(63-3)32(68-8)44(73-19)80-27(21)39(53)54/h13-36,43-48H,1-12H3,(H,49,50)(H,51,52)(H,53,54)(H,55,56)(H,57,58)(H,59,60)/t13-,14-,15-,16-,17-,18-,19-,20-,21-,22-,23-,24-,25-,26-,27-,28-,29-,30-,31+,32+,33+,34+,35+,36+,43-,44-,45-,46-,47-,48-/m0/s1. The van der Waals surface area contributed by atoms with E-state index in [0.29, 0.717) is 0 Å². The summed E-state index contributed by atoms with van der Waals surface area (Å²) in [7, 11) is 13.5. The first-order chi connectivity index (χ1) is 40.1. The molecule has 0 aromatic rings. The first kappa shape index (κ1) is 67.4. The minimum Gasteiger partial charge on any atom is -0.479 e. The highest BCUT2D eigenvalue weighted by atomic mass is 16.8. The quantitative estimate of drug-likeness (QED) is 0.0751. The highest BCUT2D eigenvalue weighted by Gasteiger charge is 2.64. The Morgan fingerprint density at radius 3 is 0.393 bits per heavy atom. The van der Waals surface area contributed by atoms with Gasteiger partial charge in [0.05, 0.1) is 0 Å². The zero-order valence-electron chi connectivity index (χ0n) is 47.3. The Morgan fingerprint density at radius 1 is 0.202 bits per heavy atom. The summed E-state index contributed by atoms with van der Waals surface area (Å²) in [5.41, 5.74) is 0. The molecule has 0 aromatic carbocycles. The summed E-state index contributed by atoms with van der Waals surface area (Å²) in [5, 5.41) is 64.7. The minimum absolute atomic E-state index is 1.12. The summed E-state index contributed by atoms with van der Waals surface area (Å²) in [6.45, 7) is 0. The maximum atomic E-state index is 13.3. The largest absolute Gasteiger partial charge is 0.479 e. The predicted octanol–water partition coefficient (Wildman–Crippen LogP) is -4.65. The fourth-order valence-corrected chi connectivity index (χ4v) is 11.6. The molecule has 22 aliphatic rings. The molecule has 0 unspecified atom stereocenters. The van der Waals surface area contributed by atoms with E-state index in [1.54, 1.807) is 0 Å². The van der Waals surface area contributed by atoms with Gasteiger partial charge < -0.3 is 144 Å². The lowest BCUT2D eigenvalue weighted by Crippen LogP contribution is -2.71. The van der Waals surface area contributed by atoms with Crippen LogP contribution in [0, 0.1) is 0 Å². The summed E-state index contributed by atoms with van der Waals surface area (Å²) in [4.78, 5) is 79.8. The van der Waals surface area contributed by atoms with E-state index in [2.05, 4.69) is 0 Å². The van der Waals surface area contributed by atoms with Crippen LogP contribution >= 0.6 is 0 Å². The summed E-state index contributed by atoms with van der Waals surface area (Å²) in [5.74, 6) is -10.4. The number of carbonyl (C=O) groups is 6. The number of carboxylic acids is 6. The van der Waals surface area contributed by atoms with Crippen LogP contribution < -0.4 is 0 Å². The van der Waals surface area contributed by atoms with E-state index in [1.807, 2.05) is 0 Å². The molecule has 36 nitrogen and oxygen atoms in total. The van der Waals surface area contributed by atoms with Gasteiger partial charge in [-0.1, -0.05) is 0 Å². The van der Waals surface area contributed by atoms with Gasteiger partial charge in [0.25, 0.3) is 0 Å². The molecule has 22 saturated heterocycles. The predicted molar refractivity (Wildman–Crippen MR) is 257 cm³/mol. The summed E-state index contributed by atoms with van der Waals surface area (Å²) < 4.78 is 143. The molecule has 0 spiro atoms. The van der Waals surface area contributed by atoms with Crippen LogP contribution in [0.5, 0.6) is 0 Å². The van der Waals surface area contributed by atoms with Gasteiger partial charge in [0.1, 0.15) is 110 Å². The number of hydrogen-bond donors (Lipinski definition) is 6. The Balaban J connectivity index is 1.38. The van der Waals surface area contributed by atoms with Crippen LogP contribution in [-0.4, -0.2) is 336 Å². The normalized spacial score (nSPS) is 45.7. The van der Waals surface area contributed by atoms with Crippen molar-refractivity contribution in [3.8, 4) is 0 Å². The summed E-state index contributed by atoms with van der Waals surface area (Å²) >= 11 is 0. The smallest absolute Gasteiger partial charge is 0.335 e. The summed E-state index contributed by atoms with van der Waals surface area (Å²) in [6, 6.07) is 0. The second kappa shape index (κ2) is 29.2. The molecular weight excluding hydrogens is 1150 g/mol. The average molecular weight is 1230 g/mol. The molecule has 6 N–H and O–H groups in total. The Labute approximate surface area is 477 Å². The number of carboxylic acid groups (broad SMARTS) is 6. The van der Waals surface area contributed by atoms with E-state index in [-0.39, 0.29) is 0 Å². The van der Waals surface area contributed by atoms with Gasteiger partial charge in [0, 0.05) is 85.3 Å². The third kappa shape index (κ3) is 13.0. The van der Waals surface area contributed by atoms with Crippen molar-refractivity contribution in [1.29, 1.82) is 0 Å². The maximum absolute atomic E-state index is 13.3. The maximum Gasteiger partial charge on any atom is 0.335 e. The molecule has 0 aromatic heterocycles. The lowest BCUT2D eigenvalue weighted by atomic mass is 9.94. The van der Waals surface area contributed by atoms with Crippen LogP contribution in [0.4, 0.5) is 0 Å². The molecule has 36 heteroatoms. The van der Waals surface area contributed by atoms with E-state index in [4.69, 9.17) is 114 Å². The number of rotatable bonds is 18. The van der Waals surface area contributed by atoms with Crippen molar-refractivity contribution in [3.63, 3.8) is 0 Å². The van der Waals surface area contributed by atoms with Gasteiger partial charge in [0.2, 0.25) is 0 Å². The highest BCUT2D eigenvalue weighted by Crippen LogP contribution is 2.42. The molecule has 22 heterocycles. The van der Waals surface area contributed by atoms with Gasteiger partial charge in [-0.05, 0) is 0 Å². The zero-order valence-corrected chi connectivity index (χ0v) is 47.3. The van der Waals surface area contributed by atoms with E-state index in [1.165, 1.54) is 0 Å². The molecule has 0 radical (unpaired) electrons. The fraction of sp³-hybridized carbons (Fsp3) is 0.875. The average Bonchev–Trinajstić information content (AvgIpc) is 1.53. The van der Waals surface area contributed by atoms with Crippen LogP contribution in [0.3, 0.4) is 0 Å². The van der Waals surface area contributed by atoms with Crippen LogP contribution in [0.15, 0.2) is 0 Å². The fourth-order valence-electron chi connectivity index (χ4n) is 11.6. The number of hydrogen-bond acceptors (Lipinski definition) is 30. The van der Waals surface area contributed by atoms with E-state index >= 15 is 0 Å². The third-order valence-electron chi connectivity index (χ3n) is 15.4. The van der Waals surface area contributed by atoms with Crippen LogP contribution in [0.25, 0.3) is 0 Å². The molecule has 0 aliphatic carbocycles. The molecule has 22 fully saturated rings. The van der Waals surface area contributed by atoms with Crippen LogP contribution in [0.1, 0.15) is 0 Å². The monoisotopic (exact) mass is 1220 g/mol. The lowest BCUT2D eigenvalue weighted by Gasteiger charge is -2.52. The van der Waals surface area contributed by atoms with Crippen molar-refractivity contribution in [2.75, 3.05) is 85.3 Å². The number of methoxy groups -OCH3 is 12. The Hall–Kier alpha value is -4.14. The first-order valence-corrected chi connectivity index (χ1v) is 25.7. The molecule has 0 saturated carbocycles. The molecule has 22 aliphatic heterocycles. The Morgan fingerprint density at radius 2 is 0.310 bits per heavy atom. The number of aliphatic carboxylic acids is 6. The van der Waals surface area contributed by atoms with Gasteiger partial charge in [-0.25, -0.2) is 28.8 Å². The topological polar surface area (TPSA) is 445 Å². The van der Waals surface area contributed by atoms with Crippen molar-refractivity contribution < 1.29 is 173 Å². The van der Waals surface area contributed by atoms with Crippen molar-refractivity contribution in [3.05, 3.63) is 0 Å². The minimum atomic E-state index is -2.16. The molecule has 84 heavy (non-hydrogen) atoms. The van der Waals surface area contributed by atoms with E-state index in [9.17, 15) is 59.4 Å². The molecular formula is C48H72O36. The molecule has 0 amide bonds. The molecule has 30 atom stereocenters. The van der Waals surface area contributed by atoms with E-state index < -0.39 is 220 Å². The van der Waals surface area contributed by atoms with Crippen molar-refractivity contribution >= 4 is 35.8 Å². The van der Waals surface area contributed by atoms with Gasteiger partial charge >= 0.3 is 35.8 Å². The van der Waals surface area contributed by atoms with Gasteiger partial charge in [-0.15, -0.1) is 0 Å². The lowest BCUT2D eigenvalue weighted by molar-refractivity contribution is -0.400. The first-order valence-electron chi connectivity index (χ1n) is 25.7. The summed E-state index contributed by atoms with van der Waals surface area (Å²) in [6.07, 6.45) is -54.6. The zero-order chi connectivity index (χ0) is 61.8. The molecule has 480 valence electrons. The second-order valence-electron chi connectivity index (χ2n) is 19.6. The van der Waals surface area contributed by atoms with Crippen molar-refractivity contribution in [2.45, 2.75) is 184 Å². The molecule has 22 rings (SSSR count). The third-order valence-corrected chi connectivity index (χ3v) is 15.4. The van der Waals surface area contributed by atoms with Gasteiger partial charge in [0.15, 0.2) is 74.4 Å². The van der Waals surface area contributed by atoms with Crippen LogP contribution in [-0.2, 0) is 142 Å².